The Morgan fingerprint density at radius 1 is 1.03 bits per heavy atom. The molecule has 1 fully saturated rings. The maximum absolute atomic E-state index is 13.9. The standard InChI is InChI=1S/C23H23FN2O3/c1-29-22-7-6-16(12-20(22)24)15-25-8-10-26(11-9-25)23(28)19-13-17-4-2-3-5-18(17)14-21(19)27/h2-7,12-14,27H,8-11,15H2,1H3. The van der Waals surface area contributed by atoms with Crippen molar-refractivity contribution in [2.75, 3.05) is 33.3 Å². The van der Waals surface area contributed by atoms with Crippen LogP contribution >= 0.6 is 0 Å². The molecule has 0 aromatic heterocycles. The van der Waals surface area contributed by atoms with Gasteiger partial charge >= 0.3 is 0 Å². The highest BCUT2D eigenvalue weighted by molar-refractivity contribution is 6.01. The molecule has 29 heavy (non-hydrogen) atoms. The van der Waals surface area contributed by atoms with Crippen LogP contribution in [0.3, 0.4) is 0 Å². The van der Waals surface area contributed by atoms with Crippen molar-refractivity contribution in [1.29, 1.82) is 0 Å². The van der Waals surface area contributed by atoms with Crippen molar-refractivity contribution in [3.63, 3.8) is 0 Å². The van der Waals surface area contributed by atoms with Crippen molar-refractivity contribution in [2.24, 2.45) is 0 Å². The van der Waals surface area contributed by atoms with E-state index in [2.05, 4.69) is 4.90 Å². The topological polar surface area (TPSA) is 53.0 Å². The van der Waals surface area contributed by atoms with Crippen molar-refractivity contribution < 1.29 is 19.0 Å². The first-order valence-corrected chi connectivity index (χ1v) is 9.61. The number of halogens is 1. The van der Waals surface area contributed by atoms with E-state index in [4.69, 9.17) is 4.74 Å². The van der Waals surface area contributed by atoms with Gasteiger partial charge in [0.15, 0.2) is 11.6 Å². The number of phenols is 1. The summed E-state index contributed by atoms with van der Waals surface area (Å²) >= 11 is 0. The predicted octanol–water partition coefficient (Wildman–Crippen LogP) is 3.65. The van der Waals surface area contributed by atoms with Crippen LogP contribution in [0.2, 0.25) is 0 Å². The second-order valence-corrected chi connectivity index (χ2v) is 7.25. The van der Waals surface area contributed by atoms with Gasteiger partial charge in [-0.05, 0) is 40.6 Å². The van der Waals surface area contributed by atoms with Gasteiger partial charge in [0.25, 0.3) is 5.91 Å². The van der Waals surface area contributed by atoms with Crippen LogP contribution < -0.4 is 4.74 Å². The van der Waals surface area contributed by atoms with E-state index in [1.807, 2.05) is 30.3 Å². The molecule has 0 saturated carbocycles. The van der Waals surface area contributed by atoms with Gasteiger partial charge in [-0.15, -0.1) is 0 Å². The van der Waals surface area contributed by atoms with Gasteiger partial charge in [-0.3, -0.25) is 9.69 Å². The first kappa shape index (κ1) is 19.2. The molecular formula is C23H23FN2O3. The van der Waals surface area contributed by atoms with E-state index in [0.717, 1.165) is 16.3 Å². The van der Waals surface area contributed by atoms with Gasteiger partial charge in [-0.1, -0.05) is 30.3 Å². The molecule has 0 bridgehead atoms. The van der Waals surface area contributed by atoms with Gasteiger partial charge < -0.3 is 14.7 Å². The van der Waals surface area contributed by atoms with E-state index in [1.54, 1.807) is 23.1 Å². The lowest BCUT2D eigenvalue weighted by molar-refractivity contribution is 0.0625. The lowest BCUT2D eigenvalue weighted by Gasteiger charge is -2.35. The number of benzene rings is 3. The zero-order chi connectivity index (χ0) is 20.4. The van der Waals surface area contributed by atoms with Crippen LogP contribution in [0.5, 0.6) is 11.5 Å². The number of methoxy groups -OCH3 is 1. The van der Waals surface area contributed by atoms with Crippen LogP contribution in [0.1, 0.15) is 15.9 Å². The molecule has 5 nitrogen and oxygen atoms in total. The Morgan fingerprint density at radius 2 is 1.72 bits per heavy atom. The van der Waals surface area contributed by atoms with Crippen LogP contribution in [0.4, 0.5) is 4.39 Å². The number of hydrogen-bond acceptors (Lipinski definition) is 4. The van der Waals surface area contributed by atoms with Crippen molar-refractivity contribution in [3.8, 4) is 11.5 Å². The van der Waals surface area contributed by atoms with Crippen molar-refractivity contribution >= 4 is 16.7 Å². The fourth-order valence-corrected chi connectivity index (χ4v) is 3.75. The van der Waals surface area contributed by atoms with Crippen LogP contribution in [0.25, 0.3) is 10.8 Å². The first-order chi connectivity index (χ1) is 14.0. The molecule has 0 spiro atoms. The fraction of sp³-hybridized carbons (Fsp3) is 0.261. The van der Waals surface area contributed by atoms with Crippen molar-refractivity contribution in [3.05, 3.63) is 71.5 Å². The molecule has 4 rings (SSSR count). The minimum atomic E-state index is -0.370. The van der Waals surface area contributed by atoms with Crippen molar-refractivity contribution in [1.82, 2.24) is 9.80 Å². The second kappa shape index (κ2) is 8.09. The van der Waals surface area contributed by atoms with Crippen LogP contribution in [0, 0.1) is 5.82 Å². The number of rotatable bonds is 4. The number of carbonyl (C=O) groups excluding carboxylic acids is 1. The molecule has 150 valence electrons. The Balaban J connectivity index is 1.41. The zero-order valence-electron chi connectivity index (χ0n) is 16.3. The van der Waals surface area contributed by atoms with Gasteiger partial charge in [-0.2, -0.15) is 0 Å². The lowest BCUT2D eigenvalue weighted by atomic mass is 10.0. The van der Waals surface area contributed by atoms with E-state index in [-0.39, 0.29) is 23.2 Å². The zero-order valence-corrected chi connectivity index (χ0v) is 16.3. The molecule has 0 radical (unpaired) electrons. The lowest BCUT2D eigenvalue weighted by Crippen LogP contribution is -2.48. The van der Waals surface area contributed by atoms with Gasteiger partial charge in [0.2, 0.25) is 0 Å². The largest absolute Gasteiger partial charge is 0.507 e. The predicted molar refractivity (Wildman–Crippen MR) is 110 cm³/mol. The summed E-state index contributed by atoms with van der Waals surface area (Å²) in [6.07, 6.45) is 0. The van der Waals surface area contributed by atoms with E-state index >= 15 is 0 Å². The quantitative estimate of drug-likeness (QED) is 0.734. The molecule has 1 heterocycles. The molecule has 3 aromatic carbocycles. The maximum Gasteiger partial charge on any atom is 0.257 e. The van der Waals surface area contributed by atoms with Gasteiger partial charge in [0.1, 0.15) is 5.75 Å². The van der Waals surface area contributed by atoms with Crippen LogP contribution in [-0.2, 0) is 6.54 Å². The normalized spacial score (nSPS) is 14.9. The van der Waals surface area contributed by atoms with Crippen LogP contribution in [-0.4, -0.2) is 54.1 Å². The fourth-order valence-electron chi connectivity index (χ4n) is 3.75. The highest BCUT2D eigenvalue weighted by Gasteiger charge is 2.24. The summed E-state index contributed by atoms with van der Waals surface area (Å²) in [6, 6.07) is 16.0. The van der Waals surface area contributed by atoms with Gasteiger partial charge in [0.05, 0.1) is 12.7 Å². The molecular weight excluding hydrogens is 371 g/mol. The Bertz CT molecular complexity index is 1050. The van der Waals surface area contributed by atoms with E-state index < -0.39 is 0 Å². The molecule has 3 aromatic rings. The Labute approximate surface area is 168 Å². The average Bonchev–Trinajstić information content (AvgIpc) is 2.73. The van der Waals surface area contributed by atoms with Gasteiger partial charge in [-0.25, -0.2) is 4.39 Å². The number of aromatic hydroxyl groups is 1. The number of phenolic OH excluding ortho intramolecular Hbond substituents is 1. The second-order valence-electron chi connectivity index (χ2n) is 7.25. The Kier molecular flexibility index (Phi) is 5.36. The average molecular weight is 394 g/mol. The monoisotopic (exact) mass is 394 g/mol. The summed E-state index contributed by atoms with van der Waals surface area (Å²) in [5.41, 5.74) is 1.20. The summed E-state index contributed by atoms with van der Waals surface area (Å²) < 4.78 is 18.8. The van der Waals surface area contributed by atoms with E-state index in [1.165, 1.54) is 13.2 Å². The third-order valence-electron chi connectivity index (χ3n) is 5.38. The maximum atomic E-state index is 13.9. The number of ether oxygens (including phenoxy) is 1. The smallest absolute Gasteiger partial charge is 0.257 e. The minimum Gasteiger partial charge on any atom is -0.507 e. The molecule has 0 unspecified atom stereocenters. The summed E-state index contributed by atoms with van der Waals surface area (Å²) in [6.45, 7) is 3.11. The van der Waals surface area contributed by atoms with Crippen LogP contribution in [0.15, 0.2) is 54.6 Å². The van der Waals surface area contributed by atoms with Crippen molar-refractivity contribution in [2.45, 2.75) is 6.54 Å². The summed E-state index contributed by atoms with van der Waals surface area (Å²) in [5.74, 6) is -0.293. The number of amides is 1. The third-order valence-corrected chi connectivity index (χ3v) is 5.38. The van der Waals surface area contributed by atoms with Gasteiger partial charge in [0, 0.05) is 32.7 Å². The SMILES string of the molecule is COc1ccc(CN2CCN(C(=O)c3cc4ccccc4cc3O)CC2)cc1F. The summed E-state index contributed by atoms with van der Waals surface area (Å²) in [4.78, 5) is 16.9. The molecule has 0 aliphatic carbocycles. The molecule has 1 aliphatic heterocycles. The summed E-state index contributed by atoms with van der Waals surface area (Å²) in [5, 5.41) is 12.1. The number of nitrogens with zero attached hydrogens (tertiary/aromatic N) is 2. The number of fused-ring (bicyclic) bond motifs is 1. The Hall–Kier alpha value is -3.12. The molecule has 1 amide bonds. The number of carbonyl (C=O) groups is 1. The Morgan fingerprint density at radius 3 is 2.38 bits per heavy atom. The molecule has 6 heteroatoms. The highest BCUT2D eigenvalue weighted by Crippen LogP contribution is 2.26. The molecule has 0 atom stereocenters. The van der Waals surface area contributed by atoms with E-state index in [9.17, 15) is 14.3 Å². The summed E-state index contributed by atoms with van der Waals surface area (Å²) in [7, 11) is 1.45. The molecule has 1 aliphatic rings. The number of piperazine rings is 1. The minimum absolute atomic E-state index is 0.00448. The van der Waals surface area contributed by atoms with E-state index in [0.29, 0.717) is 38.3 Å². The molecule has 1 saturated heterocycles. The number of hydrogen-bond donors (Lipinski definition) is 1. The highest BCUT2D eigenvalue weighted by atomic mass is 19.1. The first-order valence-electron chi connectivity index (χ1n) is 9.61. The molecule has 1 N–H and O–H groups in total. The third kappa shape index (κ3) is 4.03.